The van der Waals surface area contributed by atoms with Crippen molar-refractivity contribution in [3.63, 3.8) is 0 Å². The molecule has 0 N–H and O–H groups in total. The molecule has 1 rings (SSSR count). The lowest BCUT2D eigenvalue weighted by atomic mass is 10.2. The first-order valence-corrected chi connectivity index (χ1v) is 4.76. The molecular weight excluding hydrogens is 226 g/mol. The van der Waals surface area contributed by atoms with Gasteiger partial charge in [0.05, 0.1) is 10.9 Å². The van der Waals surface area contributed by atoms with Crippen molar-refractivity contribution in [1.29, 1.82) is 0 Å². The summed E-state index contributed by atoms with van der Waals surface area (Å²) in [6.45, 7) is 0. The predicted molar refractivity (Wildman–Crippen MR) is 56.0 cm³/mol. The highest BCUT2D eigenvalue weighted by Gasteiger charge is 2.01. The molecule has 0 unspecified atom stereocenters. The van der Waals surface area contributed by atoms with E-state index in [1.165, 1.54) is 30.3 Å². The smallest absolute Gasteiger partial charge is 0.171 e. The van der Waals surface area contributed by atoms with E-state index in [1.807, 2.05) is 0 Å². The van der Waals surface area contributed by atoms with Crippen molar-refractivity contribution in [2.24, 2.45) is 0 Å². The maximum Gasteiger partial charge on any atom is 0.171 e. The highest BCUT2D eigenvalue weighted by atomic mass is 35.5. The Morgan fingerprint density at radius 3 is 2.43 bits per heavy atom. The monoisotopic (exact) mass is 232 g/mol. The van der Waals surface area contributed by atoms with Gasteiger partial charge in [-0.25, -0.2) is 4.39 Å². The number of hydrogen-bond acceptors (Lipinski definition) is 1. The van der Waals surface area contributed by atoms with Crippen molar-refractivity contribution in [3.05, 3.63) is 41.7 Å². The molecule has 4 heteroatoms. The largest absolute Gasteiger partial charge is 0.293 e. The summed E-state index contributed by atoms with van der Waals surface area (Å²) in [7, 11) is 0. The maximum atomic E-state index is 12.5. The molecule has 0 saturated carbocycles. The van der Waals surface area contributed by atoms with Crippen LogP contribution in [0.4, 0.5) is 4.39 Å². The molecule has 0 aliphatic carbocycles. The van der Waals surface area contributed by atoms with E-state index >= 15 is 0 Å². The number of halogens is 3. The second-order valence-corrected chi connectivity index (χ2v) is 3.27. The Hall–Kier alpha value is -0.860. The molecule has 0 heterocycles. The van der Waals surface area contributed by atoms with Gasteiger partial charge in [-0.2, -0.15) is 0 Å². The zero-order chi connectivity index (χ0) is 10.6. The van der Waals surface area contributed by atoms with Gasteiger partial charge < -0.3 is 0 Å². The average molecular weight is 233 g/mol. The lowest BCUT2D eigenvalue weighted by Crippen LogP contribution is -1.93. The second kappa shape index (κ2) is 5.13. The van der Waals surface area contributed by atoms with Crippen LogP contribution in [0, 0.1) is 5.82 Å². The van der Waals surface area contributed by atoms with Gasteiger partial charge in [-0.1, -0.05) is 23.7 Å². The van der Waals surface area contributed by atoms with Gasteiger partial charge in [-0.3, -0.25) is 4.79 Å². The van der Waals surface area contributed by atoms with E-state index in [4.69, 9.17) is 23.2 Å². The zero-order valence-corrected chi connectivity index (χ0v) is 8.65. The van der Waals surface area contributed by atoms with Crippen molar-refractivity contribution >= 4 is 34.0 Å². The Bertz CT molecular complexity index is 357. The van der Waals surface area contributed by atoms with Crippen LogP contribution in [0.3, 0.4) is 0 Å². The van der Waals surface area contributed by atoms with Gasteiger partial charge in [-0.05, 0) is 17.7 Å². The van der Waals surface area contributed by atoms with Gasteiger partial charge >= 0.3 is 0 Å². The van der Waals surface area contributed by atoms with Gasteiger partial charge in [0.15, 0.2) is 5.78 Å². The van der Waals surface area contributed by atoms with E-state index in [1.54, 1.807) is 0 Å². The van der Waals surface area contributed by atoms with Gasteiger partial charge in [0.2, 0.25) is 0 Å². The molecule has 0 radical (unpaired) electrons. The molecule has 0 atom stereocenters. The van der Waals surface area contributed by atoms with Crippen molar-refractivity contribution in [2.45, 2.75) is 0 Å². The van der Waals surface area contributed by atoms with Crippen LogP contribution < -0.4 is 0 Å². The Morgan fingerprint density at radius 1 is 1.36 bits per heavy atom. The van der Waals surface area contributed by atoms with Gasteiger partial charge in [0, 0.05) is 6.08 Å². The Labute approximate surface area is 91.1 Å². The topological polar surface area (TPSA) is 17.1 Å². The third-order valence-corrected chi connectivity index (χ3v) is 2.13. The number of allylic oxidation sites excluding steroid dienone is 1. The molecule has 74 valence electrons. The average Bonchev–Trinajstić information content (AvgIpc) is 2.18. The van der Waals surface area contributed by atoms with Gasteiger partial charge in [0.1, 0.15) is 5.82 Å². The van der Waals surface area contributed by atoms with Crippen LogP contribution in [0.2, 0.25) is 0 Å². The lowest BCUT2D eigenvalue weighted by molar-refractivity contribution is -0.112. The molecular formula is C10H7Cl2FO. The summed E-state index contributed by atoms with van der Waals surface area (Å²) in [4.78, 5) is 10.9. The summed E-state index contributed by atoms with van der Waals surface area (Å²) >= 11 is 11.1. The normalized spacial score (nSPS) is 11.5. The third kappa shape index (κ3) is 3.13. The van der Waals surface area contributed by atoms with E-state index in [0.29, 0.717) is 5.56 Å². The lowest BCUT2D eigenvalue weighted by Gasteiger charge is -1.97. The molecule has 0 saturated heterocycles. The van der Waals surface area contributed by atoms with Crippen LogP contribution in [0.1, 0.15) is 5.56 Å². The molecule has 1 aromatic rings. The minimum atomic E-state index is -0.345. The molecule has 1 aromatic carbocycles. The van der Waals surface area contributed by atoms with E-state index in [9.17, 15) is 9.18 Å². The first kappa shape index (κ1) is 11.2. The first-order valence-electron chi connectivity index (χ1n) is 3.85. The van der Waals surface area contributed by atoms with Crippen LogP contribution >= 0.6 is 23.2 Å². The van der Waals surface area contributed by atoms with Crippen molar-refractivity contribution < 1.29 is 9.18 Å². The standard InChI is InChI=1S/C10H7Cl2FO/c11-6-9(14)5-10(12)7-1-3-8(13)4-2-7/h1-5H,6H2/b10-5-. The van der Waals surface area contributed by atoms with Crippen LogP contribution in [-0.2, 0) is 4.79 Å². The molecule has 14 heavy (non-hydrogen) atoms. The fourth-order valence-electron chi connectivity index (χ4n) is 0.872. The molecule has 0 fully saturated rings. The summed E-state index contributed by atoms with van der Waals surface area (Å²) in [6, 6.07) is 5.54. The maximum absolute atomic E-state index is 12.5. The van der Waals surface area contributed by atoms with Crippen LogP contribution in [-0.4, -0.2) is 11.7 Å². The zero-order valence-electron chi connectivity index (χ0n) is 7.14. The van der Waals surface area contributed by atoms with Crippen LogP contribution in [0.5, 0.6) is 0 Å². The summed E-state index contributed by atoms with van der Waals surface area (Å²) in [5.41, 5.74) is 0.589. The highest BCUT2D eigenvalue weighted by Crippen LogP contribution is 2.18. The molecule has 0 aliphatic rings. The van der Waals surface area contributed by atoms with Crippen LogP contribution in [0.25, 0.3) is 5.03 Å². The SMILES string of the molecule is O=C(/C=C(\Cl)c1ccc(F)cc1)CCl. The van der Waals surface area contributed by atoms with Crippen molar-refractivity contribution in [2.75, 3.05) is 5.88 Å². The third-order valence-electron chi connectivity index (χ3n) is 1.54. The van der Waals surface area contributed by atoms with E-state index in [-0.39, 0.29) is 22.5 Å². The van der Waals surface area contributed by atoms with Gasteiger partial charge in [-0.15, -0.1) is 11.6 Å². The second-order valence-electron chi connectivity index (χ2n) is 2.60. The summed E-state index contributed by atoms with van der Waals surface area (Å²) in [5, 5.41) is 0.260. The summed E-state index contributed by atoms with van der Waals surface area (Å²) < 4.78 is 12.5. The molecule has 0 spiro atoms. The number of carbonyl (C=O) groups is 1. The van der Waals surface area contributed by atoms with E-state index < -0.39 is 0 Å². The number of carbonyl (C=O) groups excluding carboxylic acids is 1. The van der Waals surface area contributed by atoms with Gasteiger partial charge in [0.25, 0.3) is 0 Å². The minimum absolute atomic E-state index is 0.114. The quantitative estimate of drug-likeness (QED) is 0.578. The number of rotatable bonds is 3. The number of benzene rings is 1. The summed E-state index contributed by atoms with van der Waals surface area (Å²) in [5.74, 6) is -0.736. The van der Waals surface area contributed by atoms with Crippen LogP contribution in [0.15, 0.2) is 30.3 Å². The molecule has 0 aliphatic heterocycles. The minimum Gasteiger partial charge on any atom is -0.293 e. The molecule has 0 aromatic heterocycles. The fourth-order valence-corrected chi connectivity index (χ4v) is 1.20. The number of ketones is 1. The predicted octanol–water partition coefficient (Wildman–Crippen LogP) is 3.21. The molecule has 1 nitrogen and oxygen atoms in total. The molecule has 0 bridgehead atoms. The first-order chi connectivity index (χ1) is 6.63. The Kier molecular flexibility index (Phi) is 4.11. The number of hydrogen-bond donors (Lipinski definition) is 0. The summed E-state index contributed by atoms with van der Waals surface area (Å²) in [6.07, 6.45) is 1.22. The fraction of sp³-hybridized carbons (Fsp3) is 0.100. The Morgan fingerprint density at radius 2 is 1.93 bits per heavy atom. The van der Waals surface area contributed by atoms with E-state index in [0.717, 1.165) is 0 Å². The highest BCUT2D eigenvalue weighted by molar-refractivity contribution is 6.50. The Balaban J connectivity index is 2.89. The van der Waals surface area contributed by atoms with Crippen molar-refractivity contribution in [3.8, 4) is 0 Å². The number of alkyl halides is 1. The van der Waals surface area contributed by atoms with E-state index in [2.05, 4.69) is 0 Å². The molecule has 0 amide bonds. The van der Waals surface area contributed by atoms with Crippen molar-refractivity contribution in [1.82, 2.24) is 0 Å².